The largest absolute Gasteiger partial charge is 0.369 e. The molecule has 0 amide bonds. The Morgan fingerprint density at radius 3 is 3.05 bits per heavy atom. The minimum atomic E-state index is -0.0655. The molecule has 1 aliphatic carbocycles. The molecule has 0 bridgehead atoms. The highest BCUT2D eigenvalue weighted by Gasteiger charge is 2.30. The Hall–Kier alpha value is -1.86. The van der Waals surface area contributed by atoms with Crippen LogP contribution in [0.5, 0.6) is 0 Å². The molecule has 2 fully saturated rings. The summed E-state index contributed by atoms with van der Waals surface area (Å²) in [5.41, 5.74) is 1.63. The van der Waals surface area contributed by atoms with Crippen molar-refractivity contribution in [2.45, 2.75) is 25.9 Å². The van der Waals surface area contributed by atoms with Crippen LogP contribution >= 0.6 is 0 Å². The van der Waals surface area contributed by atoms with Crippen molar-refractivity contribution in [1.29, 1.82) is 0 Å². The summed E-state index contributed by atoms with van der Waals surface area (Å²) in [7, 11) is 0. The van der Waals surface area contributed by atoms with Crippen LogP contribution in [0.15, 0.2) is 17.0 Å². The van der Waals surface area contributed by atoms with Crippen molar-refractivity contribution < 1.29 is 9.26 Å². The third-order valence-corrected chi connectivity index (χ3v) is 4.18. The first-order valence-electron chi connectivity index (χ1n) is 7.74. The molecule has 4 rings (SSSR count). The van der Waals surface area contributed by atoms with Gasteiger partial charge in [0, 0.05) is 32.8 Å². The van der Waals surface area contributed by atoms with E-state index in [2.05, 4.69) is 25.0 Å². The minimum Gasteiger partial charge on any atom is -0.369 e. The number of hydrogen-bond acceptors (Lipinski definition) is 7. The Kier molecular flexibility index (Phi) is 3.59. The third-order valence-electron chi connectivity index (χ3n) is 4.18. The summed E-state index contributed by atoms with van der Waals surface area (Å²) >= 11 is 0. The van der Waals surface area contributed by atoms with Crippen LogP contribution in [-0.2, 0) is 4.74 Å². The lowest BCUT2D eigenvalue weighted by Gasteiger charge is -2.33. The molecule has 2 aromatic rings. The molecule has 0 aromatic carbocycles. The van der Waals surface area contributed by atoms with Crippen molar-refractivity contribution in [1.82, 2.24) is 25.0 Å². The molecule has 1 atom stereocenters. The lowest BCUT2D eigenvalue weighted by Crippen LogP contribution is -2.39. The van der Waals surface area contributed by atoms with Gasteiger partial charge in [-0.05, 0) is 18.8 Å². The quantitative estimate of drug-likeness (QED) is 0.849. The number of morpholine rings is 1. The number of nitrogens with zero attached hydrogens (tertiary/aromatic N) is 5. The van der Waals surface area contributed by atoms with E-state index in [9.17, 15) is 0 Å². The Labute approximate surface area is 128 Å². The van der Waals surface area contributed by atoms with Crippen LogP contribution < -0.4 is 0 Å². The van der Waals surface area contributed by atoms with Crippen LogP contribution in [0.25, 0.3) is 11.4 Å². The fraction of sp³-hybridized carbons (Fsp3) is 0.600. The van der Waals surface area contributed by atoms with E-state index in [1.54, 1.807) is 19.4 Å². The molecule has 1 aliphatic heterocycles. The maximum atomic E-state index is 5.95. The monoisotopic (exact) mass is 301 g/mol. The Morgan fingerprint density at radius 1 is 1.36 bits per heavy atom. The Bertz CT molecular complexity index is 655. The molecule has 116 valence electrons. The van der Waals surface area contributed by atoms with Crippen LogP contribution in [0.4, 0.5) is 0 Å². The van der Waals surface area contributed by atoms with Gasteiger partial charge in [0.1, 0.15) is 12.4 Å². The van der Waals surface area contributed by atoms with Crippen molar-refractivity contribution >= 4 is 0 Å². The first kappa shape index (κ1) is 13.8. The van der Waals surface area contributed by atoms with Crippen LogP contribution in [-0.4, -0.2) is 51.2 Å². The van der Waals surface area contributed by atoms with E-state index < -0.39 is 0 Å². The molecule has 7 nitrogen and oxygen atoms in total. The summed E-state index contributed by atoms with van der Waals surface area (Å²) in [4.78, 5) is 15.3. The van der Waals surface area contributed by atoms with Crippen LogP contribution in [0.3, 0.4) is 0 Å². The number of ether oxygens (including phenoxy) is 1. The number of rotatable bonds is 4. The predicted molar refractivity (Wildman–Crippen MR) is 77.9 cm³/mol. The van der Waals surface area contributed by atoms with Crippen molar-refractivity contribution in [3.63, 3.8) is 0 Å². The fourth-order valence-corrected chi connectivity index (χ4v) is 2.88. The van der Waals surface area contributed by atoms with E-state index in [1.807, 2.05) is 0 Å². The van der Waals surface area contributed by atoms with Gasteiger partial charge in [-0.3, -0.25) is 4.90 Å². The van der Waals surface area contributed by atoms with Crippen LogP contribution in [0, 0.1) is 12.8 Å². The highest BCUT2D eigenvalue weighted by atomic mass is 16.5. The first-order valence-corrected chi connectivity index (χ1v) is 7.74. The molecule has 0 N–H and O–H groups in total. The van der Waals surface area contributed by atoms with E-state index in [4.69, 9.17) is 9.26 Å². The Morgan fingerprint density at radius 2 is 2.27 bits per heavy atom. The van der Waals surface area contributed by atoms with Crippen LogP contribution in [0.1, 0.15) is 30.5 Å². The summed E-state index contributed by atoms with van der Waals surface area (Å²) in [5, 5.41) is 3.98. The zero-order valence-corrected chi connectivity index (χ0v) is 12.6. The topological polar surface area (TPSA) is 77.2 Å². The second kappa shape index (κ2) is 5.73. The number of hydrogen-bond donors (Lipinski definition) is 0. The van der Waals surface area contributed by atoms with E-state index in [0.29, 0.717) is 11.7 Å². The van der Waals surface area contributed by atoms with Crippen molar-refractivity contribution in [2.75, 3.05) is 26.2 Å². The summed E-state index contributed by atoms with van der Waals surface area (Å²) in [5.74, 6) is 1.93. The highest BCUT2D eigenvalue weighted by molar-refractivity contribution is 5.56. The van der Waals surface area contributed by atoms with E-state index in [1.165, 1.54) is 19.4 Å². The van der Waals surface area contributed by atoms with Crippen molar-refractivity contribution in [3.8, 4) is 11.4 Å². The highest BCUT2D eigenvalue weighted by Crippen LogP contribution is 2.33. The number of aromatic nitrogens is 4. The van der Waals surface area contributed by atoms with Gasteiger partial charge in [-0.1, -0.05) is 5.16 Å². The van der Waals surface area contributed by atoms with Gasteiger partial charge in [-0.15, -0.1) is 0 Å². The molecule has 0 spiro atoms. The maximum absolute atomic E-state index is 5.95. The third kappa shape index (κ3) is 2.86. The molecular weight excluding hydrogens is 282 g/mol. The predicted octanol–water partition coefficient (Wildman–Crippen LogP) is 1.62. The SMILES string of the molecule is Cc1nc(-c2cncnc2C2CN(CC3CC3)CCO2)no1. The fourth-order valence-electron chi connectivity index (χ4n) is 2.88. The average Bonchev–Trinajstić information content (AvgIpc) is 3.25. The van der Waals surface area contributed by atoms with E-state index >= 15 is 0 Å². The minimum absolute atomic E-state index is 0.0655. The van der Waals surface area contributed by atoms with Crippen LogP contribution in [0.2, 0.25) is 0 Å². The van der Waals surface area contributed by atoms with Gasteiger partial charge in [0.05, 0.1) is 17.9 Å². The standard InChI is InChI=1S/C15H19N5O2/c1-10-18-15(19-22-10)12-6-16-9-17-14(12)13-8-20(4-5-21-13)7-11-2-3-11/h6,9,11,13H,2-5,7-8H2,1H3. The summed E-state index contributed by atoms with van der Waals surface area (Å²) in [6.45, 7) is 5.52. The van der Waals surface area contributed by atoms with Gasteiger partial charge >= 0.3 is 0 Å². The average molecular weight is 301 g/mol. The molecule has 22 heavy (non-hydrogen) atoms. The molecule has 0 radical (unpaired) electrons. The summed E-state index contributed by atoms with van der Waals surface area (Å²) < 4.78 is 11.0. The first-order chi connectivity index (χ1) is 10.8. The van der Waals surface area contributed by atoms with Crippen molar-refractivity contribution in [2.24, 2.45) is 5.92 Å². The van der Waals surface area contributed by atoms with Gasteiger partial charge in [0.25, 0.3) is 0 Å². The number of aryl methyl sites for hydroxylation is 1. The molecule has 3 heterocycles. The van der Waals surface area contributed by atoms with Gasteiger partial charge in [-0.2, -0.15) is 4.98 Å². The normalized spacial score (nSPS) is 22.9. The van der Waals surface area contributed by atoms with Gasteiger partial charge < -0.3 is 9.26 Å². The summed E-state index contributed by atoms with van der Waals surface area (Å²) in [6, 6.07) is 0. The second-order valence-electron chi connectivity index (χ2n) is 6.02. The molecule has 7 heteroatoms. The smallest absolute Gasteiger partial charge is 0.223 e. The zero-order chi connectivity index (χ0) is 14.9. The van der Waals surface area contributed by atoms with Gasteiger partial charge in [0.2, 0.25) is 11.7 Å². The molecule has 1 saturated heterocycles. The van der Waals surface area contributed by atoms with Gasteiger partial charge in [-0.25, -0.2) is 9.97 Å². The lowest BCUT2D eigenvalue weighted by molar-refractivity contribution is -0.0331. The van der Waals surface area contributed by atoms with Crippen molar-refractivity contribution in [3.05, 3.63) is 24.1 Å². The van der Waals surface area contributed by atoms with Gasteiger partial charge in [0.15, 0.2) is 0 Å². The zero-order valence-electron chi connectivity index (χ0n) is 12.6. The summed E-state index contributed by atoms with van der Waals surface area (Å²) in [6.07, 6.45) is 5.95. The van der Waals surface area contributed by atoms with E-state index in [0.717, 1.165) is 36.9 Å². The molecule has 2 aliphatic rings. The molecule has 1 unspecified atom stereocenters. The molecular formula is C15H19N5O2. The Balaban J connectivity index is 1.58. The molecule has 1 saturated carbocycles. The molecule has 2 aromatic heterocycles. The lowest BCUT2D eigenvalue weighted by atomic mass is 10.1. The second-order valence-corrected chi connectivity index (χ2v) is 6.02. The van der Waals surface area contributed by atoms with E-state index in [-0.39, 0.29) is 6.10 Å². The maximum Gasteiger partial charge on any atom is 0.223 e.